The Bertz CT molecular complexity index is 1100. The summed E-state index contributed by atoms with van der Waals surface area (Å²) < 4.78 is 33.4. The normalized spacial score (nSPS) is 18.3. The summed E-state index contributed by atoms with van der Waals surface area (Å²) in [5.74, 6) is 0.134. The summed E-state index contributed by atoms with van der Waals surface area (Å²) in [4.78, 5) is 17.4. The Hall–Kier alpha value is -2.68. The van der Waals surface area contributed by atoms with Crippen molar-refractivity contribution in [3.8, 4) is 5.75 Å². The van der Waals surface area contributed by atoms with Gasteiger partial charge >= 0.3 is 0 Å². The van der Waals surface area contributed by atoms with Crippen LogP contribution >= 0.6 is 0 Å². The van der Waals surface area contributed by atoms with Crippen molar-refractivity contribution in [3.05, 3.63) is 65.7 Å². The Balaban J connectivity index is 1.40. The fourth-order valence-electron chi connectivity index (χ4n) is 4.47. The molecule has 34 heavy (non-hydrogen) atoms. The van der Waals surface area contributed by atoms with E-state index in [0.29, 0.717) is 31.7 Å². The minimum atomic E-state index is -3.71. The number of piperidine rings is 1. The van der Waals surface area contributed by atoms with Crippen molar-refractivity contribution in [2.75, 3.05) is 52.9 Å². The lowest BCUT2D eigenvalue weighted by Gasteiger charge is -2.34. The lowest BCUT2D eigenvalue weighted by atomic mass is 10.1. The van der Waals surface area contributed by atoms with Gasteiger partial charge in [-0.2, -0.15) is 4.31 Å². The van der Waals surface area contributed by atoms with Crippen molar-refractivity contribution in [2.24, 2.45) is 0 Å². The second-order valence-corrected chi connectivity index (χ2v) is 10.6. The molecule has 0 aliphatic carbocycles. The summed E-state index contributed by atoms with van der Waals surface area (Å²) >= 11 is 0. The zero-order chi connectivity index (χ0) is 24.0. The zero-order valence-corrected chi connectivity index (χ0v) is 20.5. The zero-order valence-electron chi connectivity index (χ0n) is 19.7. The molecule has 0 unspecified atom stereocenters. The van der Waals surface area contributed by atoms with Crippen molar-refractivity contribution >= 4 is 22.0 Å². The molecule has 2 aromatic carbocycles. The largest absolute Gasteiger partial charge is 0.495 e. The Kier molecular flexibility index (Phi) is 8.03. The van der Waals surface area contributed by atoms with Gasteiger partial charge in [0.2, 0.25) is 10.0 Å². The Labute approximate surface area is 202 Å². The number of carbonyl (C=O) groups is 1. The molecule has 2 aliphatic heterocycles. The van der Waals surface area contributed by atoms with Crippen molar-refractivity contribution in [1.29, 1.82) is 0 Å². The van der Waals surface area contributed by atoms with Crippen LogP contribution in [-0.4, -0.2) is 81.4 Å². The first-order valence-corrected chi connectivity index (χ1v) is 13.3. The van der Waals surface area contributed by atoms with E-state index in [0.717, 1.165) is 38.9 Å². The van der Waals surface area contributed by atoms with Crippen LogP contribution in [-0.2, 0) is 10.0 Å². The molecule has 2 aromatic rings. The minimum Gasteiger partial charge on any atom is -0.495 e. The van der Waals surface area contributed by atoms with E-state index in [1.54, 1.807) is 17.0 Å². The number of amides is 1. The van der Waals surface area contributed by atoms with Gasteiger partial charge in [0, 0.05) is 51.4 Å². The van der Waals surface area contributed by atoms with Gasteiger partial charge in [-0.25, -0.2) is 8.42 Å². The third kappa shape index (κ3) is 5.68. The van der Waals surface area contributed by atoms with Crippen molar-refractivity contribution in [1.82, 2.24) is 14.1 Å². The minimum absolute atomic E-state index is 0.0763. The van der Waals surface area contributed by atoms with Crippen molar-refractivity contribution in [2.45, 2.75) is 24.2 Å². The molecule has 0 atom stereocenters. The van der Waals surface area contributed by atoms with Crippen molar-refractivity contribution < 1.29 is 17.9 Å². The predicted octanol–water partition coefficient (Wildman–Crippen LogP) is 3.34. The molecule has 2 heterocycles. The monoisotopic (exact) mass is 483 g/mol. The number of sulfonamides is 1. The summed E-state index contributed by atoms with van der Waals surface area (Å²) in [7, 11) is -2.26. The molecule has 1 amide bonds. The maximum absolute atomic E-state index is 13.3. The van der Waals surface area contributed by atoms with Crippen LogP contribution in [0.1, 0.15) is 35.2 Å². The van der Waals surface area contributed by atoms with Crippen LogP contribution in [0, 0.1) is 0 Å². The van der Waals surface area contributed by atoms with Gasteiger partial charge < -0.3 is 9.64 Å². The molecule has 0 spiro atoms. The van der Waals surface area contributed by atoms with Crippen LogP contribution < -0.4 is 4.74 Å². The summed E-state index contributed by atoms with van der Waals surface area (Å²) in [5.41, 5.74) is 1.56. The highest BCUT2D eigenvalue weighted by Crippen LogP contribution is 2.30. The number of hydrogen-bond donors (Lipinski definition) is 0. The molecule has 0 aromatic heterocycles. The molecular formula is C26H33N3O4S. The fourth-order valence-corrected chi connectivity index (χ4v) is 6.17. The first kappa shape index (κ1) is 24.4. The van der Waals surface area contributed by atoms with Gasteiger partial charge in [0.1, 0.15) is 10.6 Å². The molecule has 2 fully saturated rings. The number of benzene rings is 2. The first-order valence-electron chi connectivity index (χ1n) is 11.9. The van der Waals surface area contributed by atoms with Crippen LogP contribution in [0.15, 0.2) is 59.5 Å². The number of ether oxygens (including phenoxy) is 1. The molecule has 0 saturated carbocycles. The van der Waals surface area contributed by atoms with Gasteiger partial charge in [-0.05, 0) is 36.6 Å². The molecular weight excluding hydrogens is 450 g/mol. The molecule has 2 aliphatic rings. The second-order valence-electron chi connectivity index (χ2n) is 8.74. The van der Waals surface area contributed by atoms with Gasteiger partial charge in [-0.15, -0.1) is 0 Å². The van der Waals surface area contributed by atoms with E-state index in [1.807, 2.05) is 18.2 Å². The Morgan fingerprint density at radius 2 is 1.65 bits per heavy atom. The van der Waals surface area contributed by atoms with E-state index in [4.69, 9.17) is 4.74 Å². The van der Waals surface area contributed by atoms with Crippen LogP contribution in [0.25, 0.3) is 6.08 Å². The smallest absolute Gasteiger partial charge is 0.253 e. The van der Waals surface area contributed by atoms with Gasteiger partial charge in [0.05, 0.1) is 7.11 Å². The maximum atomic E-state index is 13.3. The van der Waals surface area contributed by atoms with Gasteiger partial charge in [-0.1, -0.05) is 48.9 Å². The van der Waals surface area contributed by atoms with Crippen LogP contribution in [0.5, 0.6) is 5.75 Å². The topological polar surface area (TPSA) is 70.2 Å². The number of hydrogen-bond acceptors (Lipinski definition) is 5. The summed E-state index contributed by atoms with van der Waals surface area (Å²) in [6.45, 7) is 4.61. The summed E-state index contributed by atoms with van der Waals surface area (Å²) in [6, 6.07) is 14.9. The number of rotatable bonds is 7. The van der Waals surface area contributed by atoms with E-state index < -0.39 is 10.0 Å². The molecule has 0 N–H and O–H groups in total. The average molecular weight is 484 g/mol. The highest BCUT2D eigenvalue weighted by molar-refractivity contribution is 7.89. The fraction of sp³-hybridized carbons (Fsp3) is 0.423. The molecule has 8 heteroatoms. The lowest BCUT2D eigenvalue weighted by Crippen LogP contribution is -2.48. The quantitative estimate of drug-likeness (QED) is 0.604. The van der Waals surface area contributed by atoms with Gasteiger partial charge in [-0.3, -0.25) is 9.69 Å². The second kappa shape index (κ2) is 11.2. The number of piperazine rings is 1. The third-order valence-electron chi connectivity index (χ3n) is 6.48. The van der Waals surface area contributed by atoms with E-state index in [1.165, 1.54) is 23.0 Å². The highest BCUT2D eigenvalue weighted by Gasteiger charge is 2.30. The van der Waals surface area contributed by atoms with Crippen molar-refractivity contribution in [3.63, 3.8) is 0 Å². The maximum Gasteiger partial charge on any atom is 0.253 e. The van der Waals surface area contributed by atoms with Crippen LogP contribution in [0.3, 0.4) is 0 Å². The summed E-state index contributed by atoms with van der Waals surface area (Å²) in [5, 5.41) is 0. The first-order chi connectivity index (χ1) is 16.5. The van der Waals surface area contributed by atoms with Gasteiger partial charge in [0.15, 0.2) is 0 Å². The number of methoxy groups -OCH3 is 1. The Morgan fingerprint density at radius 1 is 0.941 bits per heavy atom. The SMILES string of the molecule is COc1ccc(C(=O)N2CCN(C/C=C/c3ccccc3)CC2)cc1S(=O)(=O)N1CCCCC1. The molecule has 0 bridgehead atoms. The van der Waals surface area contributed by atoms with E-state index in [2.05, 4.69) is 29.2 Å². The standard InChI is InChI=1S/C26H33N3O4S/c1-33-24-13-12-23(21-25(24)34(31,32)29-15-6-3-7-16-29)26(30)28-19-17-27(18-20-28)14-8-11-22-9-4-2-5-10-22/h2,4-5,8-13,21H,3,6-7,14-20H2,1H3/b11-8+. The number of nitrogens with zero attached hydrogens (tertiary/aromatic N) is 3. The van der Waals surface area contributed by atoms with Crippen LogP contribution in [0.4, 0.5) is 0 Å². The third-order valence-corrected chi connectivity index (χ3v) is 8.40. The summed E-state index contributed by atoms with van der Waals surface area (Å²) in [6.07, 6.45) is 7.00. The van der Waals surface area contributed by atoms with E-state index in [-0.39, 0.29) is 16.6 Å². The average Bonchev–Trinajstić information content (AvgIpc) is 2.89. The van der Waals surface area contributed by atoms with E-state index in [9.17, 15) is 13.2 Å². The molecule has 2 saturated heterocycles. The van der Waals surface area contributed by atoms with Gasteiger partial charge in [0.25, 0.3) is 5.91 Å². The molecule has 182 valence electrons. The lowest BCUT2D eigenvalue weighted by molar-refractivity contribution is 0.0650. The van der Waals surface area contributed by atoms with E-state index >= 15 is 0 Å². The molecule has 4 rings (SSSR count). The van der Waals surface area contributed by atoms with Crippen LogP contribution in [0.2, 0.25) is 0 Å². The predicted molar refractivity (Wildman–Crippen MR) is 133 cm³/mol. The molecule has 0 radical (unpaired) electrons. The highest BCUT2D eigenvalue weighted by atomic mass is 32.2. The molecule has 7 nitrogen and oxygen atoms in total. The number of carbonyl (C=O) groups excluding carboxylic acids is 1. The Morgan fingerprint density at radius 3 is 2.32 bits per heavy atom.